The summed E-state index contributed by atoms with van der Waals surface area (Å²) in [5.41, 5.74) is 1.71. The Labute approximate surface area is 139 Å². The maximum absolute atomic E-state index is 12.6. The molecule has 1 atom stereocenters. The van der Waals surface area contributed by atoms with Gasteiger partial charge in [0.15, 0.2) is 0 Å². The number of carbonyl (C=O) groups is 2. The largest absolute Gasteiger partial charge is 0.351 e. The Kier molecular flexibility index (Phi) is 4.71. The number of hydrogen-bond acceptors (Lipinski definition) is 4. The molecule has 0 bridgehead atoms. The highest BCUT2D eigenvalue weighted by Crippen LogP contribution is 2.32. The summed E-state index contributed by atoms with van der Waals surface area (Å²) in [6.45, 7) is 2.66. The van der Waals surface area contributed by atoms with E-state index in [0.29, 0.717) is 6.54 Å². The molecule has 23 heavy (non-hydrogen) atoms. The lowest BCUT2D eigenvalue weighted by Crippen LogP contribution is -2.30. The van der Waals surface area contributed by atoms with Crippen molar-refractivity contribution in [3.05, 3.63) is 52.0 Å². The second kappa shape index (κ2) is 6.91. The molecule has 6 heteroatoms. The summed E-state index contributed by atoms with van der Waals surface area (Å²) < 4.78 is 0. The van der Waals surface area contributed by atoms with Gasteiger partial charge in [-0.15, -0.1) is 11.3 Å². The van der Waals surface area contributed by atoms with Crippen molar-refractivity contribution in [2.24, 2.45) is 0 Å². The third-order valence-corrected chi connectivity index (χ3v) is 4.79. The average Bonchev–Trinajstić information content (AvgIpc) is 3.23. The summed E-state index contributed by atoms with van der Waals surface area (Å²) in [5, 5.41) is 4.68. The van der Waals surface area contributed by atoms with Crippen LogP contribution >= 0.6 is 11.3 Å². The molecule has 1 aliphatic rings. The number of nitrogens with zero attached hydrogens (tertiary/aromatic N) is 2. The van der Waals surface area contributed by atoms with Gasteiger partial charge in [0.05, 0.1) is 28.9 Å². The minimum absolute atomic E-state index is 0.0156. The number of pyridine rings is 1. The van der Waals surface area contributed by atoms with Gasteiger partial charge in [-0.2, -0.15) is 0 Å². The molecule has 0 unspecified atom stereocenters. The van der Waals surface area contributed by atoms with Crippen LogP contribution in [-0.4, -0.2) is 28.2 Å². The molecule has 3 heterocycles. The fourth-order valence-corrected chi connectivity index (χ4v) is 3.54. The van der Waals surface area contributed by atoms with E-state index >= 15 is 0 Å². The predicted molar refractivity (Wildman–Crippen MR) is 89.1 cm³/mol. The van der Waals surface area contributed by atoms with E-state index in [-0.39, 0.29) is 17.9 Å². The van der Waals surface area contributed by atoms with Gasteiger partial charge < -0.3 is 10.2 Å². The number of nitrogens with one attached hydrogen (secondary N) is 1. The van der Waals surface area contributed by atoms with Crippen LogP contribution < -0.4 is 5.32 Å². The minimum atomic E-state index is -0.0763. The second-order valence-corrected chi connectivity index (χ2v) is 6.55. The quantitative estimate of drug-likeness (QED) is 0.938. The molecule has 2 aromatic heterocycles. The third kappa shape index (κ3) is 3.59. The van der Waals surface area contributed by atoms with Crippen molar-refractivity contribution in [1.82, 2.24) is 15.2 Å². The molecule has 0 spiro atoms. The van der Waals surface area contributed by atoms with E-state index in [4.69, 9.17) is 0 Å². The highest BCUT2D eigenvalue weighted by Gasteiger charge is 2.31. The number of likely N-dealkylation sites (tertiary alicyclic amines) is 1. The molecule has 1 N–H and O–H groups in total. The van der Waals surface area contributed by atoms with Gasteiger partial charge in [0.1, 0.15) is 0 Å². The summed E-state index contributed by atoms with van der Waals surface area (Å²) >= 11 is 1.47. The molecule has 2 amide bonds. The monoisotopic (exact) mass is 329 g/mol. The van der Waals surface area contributed by atoms with Gasteiger partial charge in [-0.3, -0.25) is 14.6 Å². The van der Waals surface area contributed by atoms with Crippen LogP contribution in [-0.2, 0) is 11.3 Å². The Morgan fingerprint density at radius 2 is 2.22 bits per heavy atom. The zero-order chi connectivity index (χ0) is 16.2. The van der Waals surface area contributed by atoms with Gasteiger partial charge >= 0.3 is 0 Å². The lowest BCUT2D eigenvalue weighted by molar-refractivity contribution is -0.119. The van der Waals surface area contributed by atoms with Gasteiger partial charge in [-0.05, 0) is 36.4 Å². The van der Waals surface area contributed by atoms with Crippen LogP contribution in [0.1, 0.15) is 46.9 Å². The van der Waals surface area contributed by atoms with Crippen LogP contribution in [0.4, 0.5) is 0 Å². The first kappa shape index (κ1) is 15.7. The van der Waals surface area contributed by atoms with Gasteiger partial charge in [0, 0.05) is 13.5 Å². The van der Waals surface area contributed by atoms with Crippen molar-refractivity contribution in [2.45, 2.75) is 32.4 Å². The normalized spacial score (nSPS) is 17.3. The Morgan fingerprint density at radius 3 is 2.96 bits per heavy atom. The van der Waals surface area contributed by atoms with Crippen molar-refractivity contribution >= 4 is 23.2 Å². The van der Waals surface area contributed by atoms with E-state index in [1.165, 1.54) is 18.3 Å². The zero-order valence-corrected chi connectivity index (χ0v) is 13.8. The topological polar surface area (TPSA) is 62.3 Å². The van der Waals surface area contributed by atoms with E-state index in [9.17, 15) is 9.59 Å². The van der Waals surface area contributed by atoms with Crippen LogP contribution in [0.5, 0.6) is 0 Å². The first-order valence-corrected chi connectivity index (χ1v) is 8.58. The summed E-state index contributed by atoms with van der Waals surface area (Å²) in [4.78, 5) is 31.0. The standard InChI is InChI=1S/C17H19N3O2S/c1-12(21)18-11-13-5-2-6-14(19-13)15-7-3-9-20(15)17(22)16-8-4-10-23-16/h2,4-6,8,10,15H,3,7,9,11H2,1H3,(H,18,21)/t15-/m1/s1. The first-order valence-electron chi connectivity index (χ1n) is 7.70. The van der Waals surface area contributed by atoms with Crippen molar-refractivity contribution in [1.29, 1.82) is 0 Å². The SMILES string of the molecule is CC(=O)NCc1cccc([C@H]2CCCN2C(=O)c2cccs2)n1. The first-order chi connectivity index (χ1) is 11.1. The number of rotatable bonds is 4. The lowest BCUT2D eigenvalue weighted by Gasteiger charge is -2.24. The molecule has 0 radical (unpaired) electrons. The Balaban J connectivity index is 1.78. The molecule has 1 fully saturated rings. The van der Waals surface area contributed by atoms with Crippen LogP contribution in [0.2, 0.25) is 0 Å². The summed E-state index contributed by atoms with van der Waals surface area (Å²) in [6, 6.07) is 9.56. The van der Waals surface area contributed by atoms with Crippen LogP contribution in [0.25, 0.3) is 0 Å². The van der Waals surface area contributed by atoms with Crippen molar-refractivity contribution in [3.63, 3.8) is 0 Å². The summed E-state index contributed by atoms with van der Waals surface area (Å²) in [6.07, 6.45) is 1.91. The fourth-order valence-electron chi connectivity index (χ4n) is 2.86. The van der Waals surface area contributed by atoms with E-state index in [0.717, 1.165) is 35.7 Å². The van der Waals surface area contributed by atoms with Crippen molar-refractivity contribution < 1.29 is 9.59 Å². The highest BCUT2D eigenvalue weighted by atomic mass is 32.1. The van der Waals surface area contributed by atoms with E-state index in [1.54, 1.807) is 0 Å². The number of thiophene rings is 1. The summed E-state index contributed by atoms with van der Waals surface area (Å²) in [7, 11) is 0. The molecular weight excluding hydrogens is 310 g/mol. The van der Waals surface area contributed by atoms with Gasteiger partial charge in [-0.25, -0.2) is 0 Å². The van der Waals surface area contributed by atoms with Crippen molar-refractivity contribution in [2.75, 3.05) is 6.54 Å². The van der Waals surface area contributed by atoms with Gasteiger partial charge in [-0.1, -0.05) is 12.1 Å². The summed E-state index contributed by atoms with van der Waals surface area (Å²) in [5.74, 6) is 0.00383. The molecule has 0 aromatic carbocycles. The second-order valence-electron chi connectivity index (χ2n) is 5.60. The van der Waals surface area contributed by atoms with Crippen LogP contribution in [0.3, 0.4) is 0 Å². The van der Waals surface area contributed by atoms with Crippen LogP contribution in [0.15, 0.2) is 35.7 Å². The minimum Gasteiger partial charge on any atom is -0.351 e. The number of hydrogen-bond donors (Lipinski definition) is 1. The smallest absolute Gasteiger partial charge is 0.264 e. The number of aromatic nitrogens is 1. The number of amides is 2. The molecule has 3 rings (SSSR count). The molecule has 0 saturated carbocycles. The van der Waals surface area contributed by atoms with E-state index in [1.807, 2.05) is 40.6 Å². The molecule has 1 aliphatic heterocycles. The third-order valence-electron chi connectivity index (χ3n) is 3.93. The maximum Gasteiger partial charge on any atom is 0.264 e. The van der Waals surface area contributed by atoms with Gasteiger partial charge in [0.2, 0.25) is 5.91 Å². The van der Waals surface area contributed by atoms with Crippen LogP contribution in [0, 0.1) is 0 Å². The fraction of sp³-hybridized carbons (Fsp3) is 0.353. The average molecular weight is 329 g/mol. The maximum atomic E-state index is 12.6. The Hall–Kier alpha value is -2.21. The molecule has 0 aliphatic carbocycles. The predicted octanol–water partition coefficient (Wildman–Crippen LogP) is 2.76. The molecule has 2 aromatic rings. The zero-order valence-electron chi connectivity index (χ0n) is 13.0. The molecule has 1 saturated heterocycles. The van der Waals surface area contributed by atoms with E-state index < -0.39 is 0 Å². The molecule has 120 valence electrons. The lowest BCUT2D eigenvalue weighted by atomic mass is 10.1. The molecular formula is C17H19N3O2S. The highest BCUT2D eigenvalue weighted by molar-refractivity contribution is 7.12. The van der Waals surface area contributed by atoms with E-state index in [2.05, 4.69) is 10.3 Å². The Morgan fingerprint density at radius 1 is 1.35 bits per heavy atom. The number of carbonyl (C=O) groups excluding carboxylic acids is 2. The van der Waals surface area contributed by atoms with Gasteiger partial charge in [0.25, 0.3) is 5.91 Å². The molecule has 5 nitrogen and oxygen atoms in total. The Bertz CT molecular complexity index is 700. The van der Waals surface area contributed by atoms with Crippen molar-refractivity contribution in [3.8, 4) is 0 Å².